The molecule has 2 aliphatic heterocycles. The van der Waals surface area contributed by atoms with Gasteiger partial charge in [-0.15, -0.1) is 0 Å². The van der Waals surface area contributed by atoms with Crippen molar-refractivity contribution in [2.75, 3.05) is 18.0 Å². The van der Waals surface area contributed by atoms with Crippen molar-refractivity contribution in [1.29, 1.82) is 0 Å². The third kappa shape index (κ3) is 4.13. The number of rotatable bonds is 4. The lowest BCUT2D eigenvalue weighted by molar-refractivity contribution is -0.119. The van der Waals surface area contributed by atoms with Crippen LogP contribution in [0, 0.1) is 13.8 Å². The average molecular weight is 445 g/mol. The van der Waals surface area contributed by atoms with E-state index in [-0.39, 0.29) is 17.7 Å². The molecular weight excluding hydrogens is 416 g/mol. The number of fused-ring (bicyclic) bond motifs is 1. The first-order valence-corrected chi connectivity index (χ1v) is 11.5. The predicted molar refractivity (Wildman–Crippen MR) is 124 cm³/mol. The van der Waals surface area contributed by atoms with E-state index in [1.165, 1.54) is 0 Å². The number of anilines is 1. The van der Waals surface area contributed by atoms with Crippen LogP contribution in [0.4, 0.5) is 5.82 Å². The molecule has 0 aliphatic carbocycles. The molecule has 0 saturated carbocycles. The summed E-state index contributed by atoms with van der Waals surface area (Å²) in [5.74, 6) is 1.56. The largest absolute Gasteiger partial charge is 0.338 e. The molecule has 5 rings (SSSR count). The van der Waals surface area contributed by atoms with Crippen molar-refractivity contribution >= 4 is 17.6 Å². The Morgan fingerprint density at radius 2 is 1.97 bits per heavy atom. The first-order valence-electron chi connectivity index (χ1n) is 11.5. The van der Waals surface area contributed by atoms with Gasteiger partial charge < -0.3 is 4.90 Å². The maximum absolute atomic E-state index is 13.0. The molecule has 8 heteroatoms. The zero-order valence-electron chi connectivity index (χ0n) is 19.0. The average Bonchev–Trinajstić information content (AvgIpc) is 3.27. The van der Waals surface area contributed by atoms with E-state index >= 15 is 0 Å². The van der Waals surface area contributed by atoms with Gasteiger partial charge in [0, 0.05) is 42.4 Å². The van der Waals surface area contributed by atoms with Gasteiger partial charge in [0.25, 0.3) is 5.91 Å². The summed E-state index contributed by atoms with van der Waals surface area (Å²) in [4.78, 5) is 39.4. The second kappa shape index (κ2) is 8.77. The van der Waals surface area contributed by atoms with Crippen LogP contribution in [0.15, 0.2) is 36.5 Å². The summed E-state index contributed by atoms with van der Waals surface area (Å²) in [6, 6.07) is 9.99. The van der Waals surface area contributed by atoms with Crippen molar-refractivity contribution in [3.8, 4) is 0 Å². The lowest BCUT2D eigenvalue weighted by Crippen LogP contribution is -2.40. The topological polar surface area (TPSA) is 95.1 Å². The highest BCUT2D eigenvalue weighted by atomic mass is 16.2. The number of piperidine rings is 1. The van der Waals surface area contributed by atoms with E-state index in [0.29, 0.717) is 38.0 Å². The number of aryl methyl sites for hydroxylation is 2. The maximum atomic E-state index is 13.0. The Morgan fingerprint density at radius 3 is 2.73 bits per heavy atom. The molecule has 8 nitrogen and oxygen atoms in total. The zero-order chi connectivity index (χ0) is 22.9. The Kier molecular flexibility index (Phi) is 5.66. The van der Waals surface area contributed by atoms with Crippen LogP contribution in [-0.2, 0) is 17.8 Å². The van der Waals surface area contributed by atoms with Gasteiger partial charge in [0.15, 0.2) is 0 Å². The minimum Gasteiger partial charge on any atom is -0.338 e. The van der Waals surface area contributed by atoms with Crippen LogP contribution in [0.25, 0.3) is 0 Å². The Labute approximate surface area is 193 Å². The minimum absolute atomic E-state index is 0.0125. The number of benzene rings is 1. The lowest BCUT2D eigenvalue weighted by Gasteiger charge is -2.34. The molecule has 1 fully saturated rings. The Hall–Kier alpha value is -3.55. The minimum atomic E-state index is -0.0125. The number of aromatic nitrogens is 4. The van der Waals surface area contributed by atoms with Gasteiger partial charge in [0.1, 0.15) is 11.6 Å². The Bertz CT molecular complexity index is 1190. The highest BCUT2D eigenvalue weighted by molar-refractivity contribution is 5.96. The summed E-state index contributed by atoms with van der Waals surface area (Å²) in [6.07, 6.45) is 4.53. The van der Waals surface area contributed by atoms with Gasteiger partial charge in [-0.1, -0.05) is 30.3 Å². The number of nitrogens with zero attached hydrogens (tertiary/aromatic N) is 5. The molecule has 1 N–H and O–H groups in total. The van der Waals surface area contributed by atoms with E-state index in [2.05, 4.69) is 10.2 Å². The number of aromatic amines is 1. The van der Waals surface area contributed by atoms with E-state index in [4.69, 9.17) is 9.97 Å². The van der Waals surface area contributed by atoms with Gasteiger partial charge in [0.05, 0.1) is 18.3 Å². The highest BCUT2D eigenvalue weighted by Gasteiger charge is 2.32. The summed E-state index contributed by atoms with van der Waals surface area (Å²) in [5, 5.41) is 6.83. The van der Waals surface area contributed by atoms with Gasteiger partial charge in [-0.25, -0.2) is 9.97 Å². The van der Waals surface area contributed by atoms with Crippen molar-refractivity contribution in [2.45, 2.75) is 52.0 Å². The molecule has 2 amide bonds. The lowest BCUT2D eigenvalue weighted by atomic mass is 9.95. The molecule has 0 unspecified atom stereocenters. The summed E-state index contributed by atoms with van der Waals surface area (Å²) in [7, 11) is 0. The fraction of sp³-hybridized carbons (Fsp3) is 0.400. The number of hydrogen-bond acceptors (Lipinski definition) is 5. The smallest absolute Gasteiger partial charge is 0.257 e. The molecule has 3 aromatic rings. The molecule has 0 bridgehead atoms. The monoisotopic (exact) mass is 444 g/mol. The predicted octanol–water partition coefficient (Wildman–Crippen LogP) is 3.32. The van der Waals surface area contributed by atoms with Gasteiger partial charge in [0.2, 0.25) is 5.91 Å². The van der Waals surface area contributed by atoms with Gasteiger partial charge in [-0.05, 0) is 38.7 Å². The summed E-state index contributed by atoms with van der Waals surface area (Å²) in [6.45, 7) is 5.63. The standard InChI is InChI=1S/C25H28N6O2/c1-16-20-10-11-22(32)31(14-18-7-4-3-5-8-18)24(20)28-23(27-16)19-9-6-12-30(15-19)25(33)21-13-26-29-17(21)2/h3-5,7-8,13,19H,6,9-12,14-15H2,1-2H3,(H,26,29)/t19-/m0/s1. The molecule has 0 spiro atoms. The van der Waals surface area contributed by atoms with E-state index in [1.807, 2.05) is 49.1 Å². The number of amides is 2. The number of carbonyl (C=O) groups excluding carboxylic acids is 2. The first-order chi connectivity index (χ1) is 16.0. The van der Waals surface area contributed by atoms with Crippen LogP contribution in [-0.4, -0.2) is 50.0 Å². The van der Waals surface area contributed by atoms with Crippen LogP contribution in [0.2, 0.25) is 0 Å². The van der Waals surface area contributed by atoms with Crippen molar-refractivity contribution in [2.24, 2.45) is 0 Å². The molecule has 33 heavy (non-hydrogen) atoms. The second-order valence-corrected chi connectivity index (χ2v) is 8.93. The van der Waals surface area contributed by atoms with Crippen LogP contribution in [0.3, 0.4) is 0 Å². The Balaban J connectivity index is 1.43. The number of carbonyl (C=O) groups is 2. The summed E-state index contributed by atoms with van der Waals surface area (Å²) >= 11 is 0. The van der Waals surface area contributed by atoms with Crippen molar-refractivity contribution in [3.63, 3.8) is 0 Å². The summed E-state index contributed by atoms with van der Waals surface area (Å²) in [5.41, 5.74) is 4.43. The molecule has 1 saturated heterocycles. The highest BCUT2D eigenvalue weighted by Crippen LogP contribution is 2.33. The maximum Gasteiger partial charge on any atom is 0.257 e. The number of H-pyrrole nitrogens is 1. The quantitative estimate of drug-likeness (QED) is 0.666. The number of nitrogens with one attached hydrogen (secondary N) is 1. The van der Waals surface area contributed by atoms with Crippen LogP contribution < -0.4 is 4.90 Å². The van der Waals surface area contributed by atoms with Crippen molar-refractivity contribution in [1.82, 2.24) is 25.1 Å². The third-order valence-corrected chi connectivity index (χ3v) is 6.67. The van der Waals surface area contributed by atoms with Crippen molar-refractivity contribution < 1.29 is 9.59 Å². The fourth-order valence-corrected chi connectivity index (χ4v) is 4.82. The molecule has 1 atom stereocenters. The number of hydrogen-bond donors (Lipinski definition) is 1. The van der Waals surface area contributed by atoms with Crippen LogP contribution >= 0.6 is 0 Å². The van der Waals surface area contributed by atoms with Gasteiger partial charge in [-0.2, -0.15) is 5.10 Å². The molecular formula is C25H28N6O2. The number of likely N-dealkylation sites (tertiary alicyclic amines) is 1. The zero-order valence-corrected chi connectivity index (χ0v) is 19.0. The third-order valence-electron chi connectivity index (χ3n) is 6.67. The van der Waals surface area contributed by atoms with E-state index in [9.17, 15) is 9.59 Å². The molecule has 0 radical (unpaired) electrons. The fourth-order valence-electron chi connectivity index (χ4n) is 4.82. The second-order valence-electron chi connectivity index (χ2n) is 8.93. The normalized spacial score (nSPS) is 18.4. The van der Waals surface area contributed by atoms with E-state index in [0.717, 1.165) is 47.0 Å². The van der Waals surface area contributed by atoms with Crippen molar-refractivity contribution in [3.05, 3.63) is 70.4 Å². The Morgan fingerprint density at radius 1 is 1.15 bits per heavy atom. The van der Waals surface area contributed by atoms with Gasteiger partial charge >= 0.3 is 0 Å². The summed E-state index contributed by atoms with van der Waals surface area (Å²) < 4.78 is 0. The van der Waals surface area contributed by atoms with Crippen LogP contribution in [0.5, 0.6) is 0 Å². The molecule has 4 heterocycles. The molecule has 2 aliphatic rings. The van der Waals surface area contributed by atoms with E-state index < -0.39 is 0 Å². The molecule has 170 valence electrons. The first kappa shape index (κ1) is 21.3. The van der Waals surface area contributed by atoms with Gasteiger partial charge in [-0.3, -0.25) is 19.6 Å². The molecule has 2 aromatic heterocycles. The SMILES string of the molecule is Cc1nc([C@H]2CCCN(C(=O)c3cn[nH]c3C)C2)nc2c1CCC(=O)N2Cc1ccccc1. The van der Waals surface area contributed by atoms with E-state index in [1.54, 1.807) is 11.1 Å². The van der Waals surface area contributed by atoms with Crippen LogP contribution in [0.1, 0.15) is 63.9 Å². The molecule has 1 aromatic carbocycles.